The number of unbranched alkanes of at least 4 members (excludes halogenated alkanes) is 1. The highest BCUT2D eigenvalue weighted by Crippen LogP contribution is 2.32. The fraction of sp³-hybridized carbons (Fsp3) is 0.526. The van der Waals surface area contributed by atoms with Crippen LogP contribution in [0.1, 0.15) is 32.3 Å². The van der Waals surface area contributed by atoms with Gasteiger partial charge in [-0.25, -0.2) is 0 Å². The summed E-state index contributed by atoms with van der Waals surface area (Å²) < 4.78 is 7.11. The molecule has 0 spiro atoms. The molecule has 1 fully saturated rings. The van der Waals surface area contributed by atoms with E-state index in [0.29, 0.717) is 0 Å². The lowest BCUT2D eigenvalue weighted by molar-refractivity contribution is -0.180. The molecule has 6 nitrogen and oxygen atoms in total. The first kappa shape index (κ1) is 20.2. The molecule has 7 heteroatoms. The third-order valence-electron chi connectivity index (χ3n) is 4.65. The van der Waals surface area contributed by atoms with E-state index in [2.05, 4.69) is 25.3 Å². The summed E-state index contributed by atoms with van der Waals surface area (Å²) in [5.74, 6) is -0.847. The first-order valence-corrected chi connectivity index (χ1v) is 12.3. The van der Waals surface area contributed by atoms with Crippen LogP contribution >= 0.6 is 0 Å². The van der Waals surface area contributed by atoms with Crippen molar-refractivity contribution in [3.8, 4) is 0 Å². The molecule has 0 aliphatic carbocycles. The van der Waals surface area contributed by atoms with Crippen molar-refractivity contribution in [3.05, 3.63) is 35.9 Å². The van der Waals surface area contributed by atoms with Crippen molar-refractivity contribution in [1.82, 2.24) is 9.88 Å². The van der Waals surface area contributed by atoms with Crippen molar-refractivity contribution in [2.24, 2.45) is 0 Å². The average molecular weight is 377 g/mol. The van der Waals surface area contributed by atoms with E-state index in [1.165, 1.54) is 6.92 Å². The molecule has 1 aromatic carbocycles. The summed E-state index contributed by atoms with van der Waals surface area (Å²) in [6.07, 6.45) is 1.57. The molecule has 1 aliphatic rings. The van der Waals surface area contributed by atoms with Crippen LogP contribution in [0.3, 0.4) is 0 Å². The number of hydrogen-bond acceptors (Lipinski definition) is 4. The molecule has 2 rings (SSSR count). The van der Waals surface area contributed by atoms with E-state index < -0.39 is 26.5 Å². The minimum atomic E-state index is -2.05. The molecule has 1 N–H and O–H groups in total. The number of β-lactam (4-membered cyclic amide) rings is 1. The molecule has 1 saturated heterocycles. The van der Waals surface area contributed by atoms with Gasteiger partial charge in [0.2, 0.25) is 11.8 Å². The molecule has 0 radical (unpaired) electrons. The number of carbonyl (C=O) groups excluding carboxylic acids is 3. The number of hydrogen-bond donors (Lipinski definition) is 1. The van der Waals surface area contributed by atoms with Gasteiger partial charge in [-0.1, -0.05) is 63.2 Å². The number of nitrogens with zero attached hydrogens (tertiary/aromatic N) is 1. The highest BCUT2D eigenvalue weighted by atomic mass is 28.3. The number of esters is 1. The van der Waals surface area contributed by atoms with E-state index >= 15 is 0 Å². The highest BCUT2D eigenvalue weighted by molar-refractivity contribution is 6.77. The predicted molar refractivity (Wildman–Crippen MR) is 102 cm³/mol. The highest BCUT2D eigenvalue weighted by Gasteiger charge is 2.56. The zero-order valence-corrected chi connectivity index (χ0v) is 17.0. The van der Waals surface area contributed by atoms with Crippen molar-refractivity contribution in [1.29, 1.82) is 0 Å². The van der Waals surface area contributed by atoms with Crippen LogP contribution in [0.5, 0.6) is 0 Å². The summed E-state index contributed by atoms with van der Waals surface area (Å²) in [5.41, 5.74) is 0.871. The Morgan fingerprint density at radius 3 is 2.46 bits per heavy atom. The molecule has 0 bridgehead atoms. The van der Waals surface area contributed by atoms with Crippen LogP contribution in [0.15, 0.2) is 30.3 Å². The first-order valence-electron chi connectivity index (χ1n) is 9.10. The van der Waals surface area contributed by atoms with Gasteiger partial charge in [-0.05, 0) is 11.6 Å². The van der Waals surface area contributed by atoms with Crippen molar-refractivity contribution in [2.45, 2.75) is 64.5 Å². The van der Waals surface area contributed by atoms with Crippen LogP contribution in [0.2, 0.25) is 19.1 Å². The minimum Gasteiger partial charge on any atom is -0.440 e. The minimum absolute atomic E-state index is 0.148. The Hall–Kier alpha value is -2.15. The van der Waals surface area contributed by atoms with Crippen LogP contribution in [0.4, 0.5) is 0 Å². The van der Waals surface area contributed by atoms with Gasteiger partial charge in [0.1, 0.15) is 0 Å². The fourth-order valence-electron chi connectivity index (χ4n) is 3.27. The van der Waals surface area contributed by atoms with Crippen LogP contribution in [0, 0.1) is 0 Å². The zero-order chi connectivity index (χ0) is 19.3. The SMILES string of the molecule is CCCC[Si](C)(C)N1C(=O)[C@@H](NC(=O)Cc2ccccc2)[C@@H]1OC(C)=O. The topological polar surface area (TPSA) is 75.7 Å². The summed E-state index contributed by atoms with van der Waals surface area (Å²) in [7, 11) is -2.05. The maximum absolute atomic E-state index is 12.7. The lowest BCUT2D eigenvalue weighted by atomic mass is 10.1. The van der Waals surface area contributed by atoms with E-state index in [-0.39, 0.29) is 18.2 Å². The number of nitrogens with one attached hydrogen (secondary N) is 1. The third kappa shape index (κ3) is 4.72. The molecule has 142 valence electrons. The molecule has 0 aromatic heterocycles. The second-order valence-electron chi connectivity index (χ2n) is 7.33. The van der Waals surface area contributed by atoms with Crippen LogP contribution in [0.25, 0.3) is 0 Å². The summed E-state index contributed by atoms with van der Waals surface area (Å²) >= 11 is 0. The second-order valence-corrected chi connectivity index (χ2v) is 11.9. The summed E-state index contributed by atoms with van der Waals surface area (Å²) in [5, 5.41) is 2.74. The first-order chi connectivity index (χ1) is 12.3. The van der Waals surface area contributed by atoms with Crippen molar-refractivity contribution < 1.29 is 19.1 Å². The molecule has 1 heterocycles. The van der Waals surface area contributed by atoms with E-state index in [1.54, 1.807) is 4.57 Å². The molecule has 2 amide bonds. The zero-order valence-electron chi connectivity index (χ0n) is 16.0. The normalized spacial score (nSPS) is 19.7. The fourth-order valence-corrected chi connectivity index (χ4v) is 6.35. The number of amides is 2. The largest absolute Gasteiger partial charge is 0.440 e. The van der Waals surface area contributed by atoms with E-state index in [9.17, 15) is 14.4 Å². The van der Waals surface area contributed by atoms with Crippen LogP contribution in [-0.2, 0) is 25.5 Å². The number of benzene rings is 1. The number of ether oxygens (including phenoxy) is 1. The van der Waals surface area contributed by atoms with E-state index in [0.717, 1.165) is 24.4 Å². The second kappa shape index (κ2) is 8.49. The van der Waals surface area contributed by atoms with Crippen LogP contribution < -0.4 is 5.32 Å². The smallest absolute Gasteiger partial charge is 0.304 e. The van der Waals surface area contributed by atoms with Crippen molar-refractivity contribution in [3.63, 3.8) is 0 Å². The molecule has 1 aromatic rings. The standard InChI is InChI=1S/C19H28N2O4Si/c1-5-6-12-26(3,4)21-18(24)17(19(21)25-14(2)22)20-16(23)13-15-10-8-7-9-11-15/h7-11,17,19H,5-6,12-13H2,1-4H3,(H,20,23)/t17-,19+/m1/s1. The molecular weight excluding hydrogens is 348 g/mol. The molecule has 0 saturated carbocycles. The van der Waals surface area contributed by atoms with Gasteiger partial charge in [0.05, 0.1) is 6.42 Å². The van der Waals surface area contributed by atoms with Gasteiger partial charge < -0.3 is 14.6 Å². The van der Waals surface area contributed by atoms with Gasteiger partial charge in [0.15, 0.2) is 20.5 Å². The van der Waals surface area contributed by atoms with E-state index in [1.807, 2.05) is 30.3 Å². The lowest BCUT2D eigenvalue weighted by Crippen LogP contribution is -2.78. The molecule has 26 heavy (non-hydrogen) atoms. The third-order valence-corrected chi connectivity index (χ3v) is 8.00. The molecular formula is C19H28N2O4Si. The summed E-state index contributed by atoms with van der Waals surface area (Å²) in [4.78, 5) is 36.5. The Morgan fingerprint density at radius 1 is 1.23 bits per heavy atom. The monoisotopic (exact) mass is 376 g/mol. The van der Waals surface area contributed by atoms with Gasteiger partial charge in [-0.15, -0.1) is 0 Å². The Morgan fingerprint density at radius 2 is 1.88 bits per heavy atom. The quantitative estimate of drug-likeness (QED) is 0.430. The maximum Gasteiger partial charge on any atom is 0.304 e. The predicted octanol–water partition coefficient (Wildman–Crippen LogP) is 2.45. The average Bonchev–Trinajstić information content (AvgIpc) is 2.58. The molecule has 1 aliphatic heterocycles. The van der Waals surface area contributed by atoms with Gasteiger partial charge in [-0.3, -0.25) is 14.4 Å². The van der Waals surface area contributed by atoms with E-state index in [4.69, 9.17) is 4.74 Å². The maximum atomic E-state index is 12.7. The molecule has 2 atom stereocenters. The molecule has 0 unspecified atom stereocenters. The summed E-state index contributed by atoms with van der Waals surface area (Å²) in [6.45, 7) is 7.63. The Bertz CT molecular complexity index is 663. The Balaban J connectivity index is 2.06. The van der Waals surface area contributed by atoms with Gasteiger partial charge in [0, 0.05) is 6.92 Å². The number of carbonyl (C=O) groups is 3. The van der Waals surface area contributed by atoms with Crippen molar-refractivity contribution >= 4 is 26.0 Å². The van der Waals surface area contributed by atoms with Crippen molar-refractivity contribution in [2.75, 3.05) is 0 Å². The summed E-state index contributed by atoms with van der Waals surface area (Å²) in [6, 6.07) is 9.48. The lowest BCUT2D eigenvalue weighted by Gasteiger charge is -2.53. The van der Waals surface area contributed by atoms with Gasteiger partial charge >= 0.3 is 5.97 Å². The van der Waals surface area contributed by atoms with Gasteiger partial charge in [0.25, 0.3) is 0 Å². The van der Waals surface area contributed by atoms with Gasteiger partial charge in [-0.2, -0.15) is 0 Å². The Kier molecular flexibility index (Phi) is 6.58. The number of rotatable bonds is 8. The Labute approximate surface area is 156 Å². The van der Waals surface area contributed by atoms with Crippen LogP contribution in [-0.4, -0.2) is 42.9 Å².